The smallest absolute Gasteiger partial charge is 0.407 e. The number of hydrogen-bond acceptors (Lipinski definition) is 8. The Morgan fingerprint density at radius 3 is 2.08 bits per heavy atom. The molecule has 0 radical (unpaired) electrons. The number of carbonyl (C=O) groups is 4. The van der Waals surface area contributed by atoms with Crippen LogP contribution in [0.2, 0.25) is 5.15 Å². The molecule has 3 saturated heterocycles. The number of likely N-dealkylation sites (N-methyl/N-ethyl adjacent to an activating group) is 1. The molecule has 8 atom stereocenters. The predicted octanol–water partition coefficient (Wildman–Crippen LogP) is 7.54. The molecule has 10 rings (SSSR count). The zero-order valence-corrected chi connectivity index (χ0v) is 35.9. The number of amides is 4. The maximum absolute atomic E-state index is 14.4. The van der Waals surface area contributed by atoms with Gasteiger partial charge in [0.25, 0.3) is 0 Å². The van der Waals surface area contributed by atoms with Crippen molar-refractivity contribution >= 4 is 57.4 Å². The average molecular weight is 863 g/mol. The van der Waals surface area contributed by atoms with Crippen LogP contribution in [0.4, 0.5) is 9.59 Å². The number of methoxy groups -OCH3 is 1. The van der Waals surface area contributed by atoms with E-state index in [9.17, 15) is 24.3 Å². The number of alkyl carbamates (subject to hydrolysis) is 1. The summed E-state index contributed by atoms with van der Waals surface area (Å²) in [5.41, 5.74) is 5.18. The molecule has 3 aliphatic heterocycles. The summed E-state index contributed by atoms with van der Waals surface area (Å²) in [6, 6.07) is 16.8. The van der Waals surface area contributed by atoms with Crippen LogP contribution in [0.25, 0.3) is 44.2 Å². The second kappa shape index (κ2) is 15.6. The minimum absolute atomic E-state index is 0.0987. The molecule has 5 aromatic rings. The van der Waals surface area contributed by atoms with Crippen LogP contribution in [0, 0.1) is 23.7 Å². The number of likely N-dealkylation sites (tertiary alicyclic amines) is 2. The average Bonchev–Trinajstić information content (AvgIpc) is 3.95. The predicted molar refractivity (Wildman–Crippen MR) is 231 cm³/mol. The van der Waals surface area contributed by atoms with Gasteiger partial charge in [-0.05, 0) is 108 Å². The molecule has 3 aromatic carbocycles. The Bertz CT molecular complexity index is 2600. The Labute approximate surface area is 363 Å². The van der Waals surface area contributed by atoms with E-state index in [0.717, 1.165) is 70.0 Å². The molecular formula is C46H51ClN8O7. The third-order valence-electron chi connectivity index (χ3n) is 14.1. The number of rotatable bonds is 10. The minimum Gasteiger partial charge on any atom is -0.465 e. The first-order chi connectivity index (χ1) is 29.9. The third-order valence-corrected chi connectivity index (χ3v) is 14.3. The second-order valence-corrected chi connectivity index (χ2v) is 18.6. The molecule has 16 heteroatoms. The number of ether oxygens (including phenoxy) is 2. The van der Waals surface area contributed by atoms with Crippen LogP contribution in [0.1, 0.15) is 76.1 Å². The van der Waals surface area contributed by atoms with Crippen molar-refractivity contribution in [3.8, 4) is 22.4 Å². The summed E-state index contributed by atoms with van der Waals surface area (Å²) in [5.74, 6) is 1.63. The van der Waals surface area contributed by atoms with Crippen LogP contribution >= 0.6 is 11.6 Å². The van der Waals surface area contributed by atoms with Crippen molar-refractivity contribution < 1.29 is 33.8 Å². The number of nitrogens with one attached hydrogen (secondary N) is 3. The third kappa shape index (κ3) is 7.12. The van der Waals surface area contributed by atoms with Crippen molar-refractivity contribution in [3.63, 3.8) is 0 Å². The molecule has 2 saturated carbocycles. The summed E-state index contributed by atoms with van der Waals surface area (Å²) in [7, 11) is 2.79. The summed E-state index contributed by atoms with van der Waals surface area (Å²) in [5, 5.41) is 15.1. The van der Waals surface area contributed by atoms with Gasteiger partial charge < -0.3 is 39.7 Å². The van der Waals surface area contributed by atoms with E-state index in [4.69, 9.17) is 31.0 Å². The molecule has 324 valence electrons. The van der Waals surface area contributed by atoms with Gasteiger partial charge >= 0.3 is 12.2 Å². The Morgan fingerprint density at radius 1 is 0.839 bits per heavy atom. The van der Waals surface area contributed by atoms with Crippen molar-refractivity contribution in [2.75, 3.05) is 27.4 Å². The van der Waals surface area contributed by atoms with Crippen LogP contribution in [-0.4, -0.2) is 115 Å². The molecule has 5 heterocycles. The Kier molecular flexibility index (Phi) is 10.2. The number of carbonyl (C=O) groups excluding carboxylic acids is 3. The number of fused-ring (bicyclic) bond motifs is 4. The standard InChI is InChI=1S/C46H51ClN8O7/c1-22(2)37(51-45(58)61-4)43(56)54-33-18-29(33)21-36(54)42-50-38(40(47)52-42)28-8-7-24-15-25(5-6-26(24)16-28)27-9-10-31-32(17-27)49-41(48-31)35-20-30-19-34(30)55(35)44(57)39(53(3)46(59)60)23-11-13-62-14-12-23/h5-10,15-17,22-23,29-30,33-37,39H,11-14,18-21H2,1-4H3,(H,48,49)(H,50,52)(H,51,58)(H,59,60)/t29-,30+,33+,34+,35-,36-,37-,39-/m0/s1. The van der Waals surface area contributed by atoms with Gasteiger partial charge in [0.1, 0.15) is 34.6 Å². The highest BCUT2D eigenvalue weighted by molar-refractivity contribution is 6.32. The van der Waals surface area contributed by atoms with E-state index in [-0.39, 0.29) is 47.8 Å². The van der Waals surface area contributed by atoms with Gasteiger partial charge in [0.2, 0.25) is 11.8 Å². The summed E-state index contributed by atoms with van der Waals surface area (Å²) in [6.07, 6.45) is 2.99. The summed E-state index contributed by atoms with van der Waals surface area (Å²) >= 11 is 6.83. The number of aromatic nitrogens is 4. The number of benzene rings is 3. The first kappa shape index (κ1) is 40.4. The number of nitrogens with zero attached hydrogens (tertiary/aromatic N) is 5. The first-order valence-corrected chi connectivity index (χ1v) is 22.1. The van der Waals surface area contributed by atoms with Crippen LogP contribution in [-0.2, 0) is 19.1 Å². The van der Waals surface area contributed by atoms with Gasteiger partial charge in [0.15, 0.2) is 0 Å². The summed E-state index contributed by atoms with van der Waals surface area (Å²) in [6.45, 7) is 4.85. The molecular weight excluding hydrogens is 812 g/mol. The molecule has 5 fully saturated rings. The van der Waals surface area contributed by atoms with Crippen LogP contribution < -0.4 is 5.32 Å². The van der Waals surface area contributed by atoms with E-state index in [0.29, 0.717) is 54.6 Å². The quantitative estimate of drug-likeness (QED) is 0.110. The van der Waals surface area contributed by atoms with Gasteiger partial charge in [-0.1, -0.05) is 55.8 Å². The van der Waals surface area contributed by atoms with Gasteiger partial charge in [0.05, 0.1) is 30.2 Å². The number of aromatic amines is 2. The SMILES string of the molecule is COC(=O)N[C@H](C(=O)N1[C@@H]2C[C@H]2C[C@H]1c1nc(-c2ccc3cc(-c4ccc5nc([C@@H]6C[C@H]7C[C@H]7N6C(=O)[C@H](C6CCOCC6)N(C)C(=O)O)[nH]c5c4)ccc3c2)c(Cl)[nH]1)C(C)C. The van der Waals surface area contributed by atoms with Crippen molar-refractivity contribution in [3.05, 3.63) is 71.4 Å². The molecule has 0 unspecified atom stereocenters. The van der Waals surface area contributed by atoms with Gasteiger partial charge in [-0.2, -0.15) is 0 Å². The lowest BCUT2D eigenvalue weighted by Crippen LogP contribution is -2.54. The van der Waals surface area contributed by atoms with E-state index >= 15 is 0 Å². The first-order valence-electron chi connectivity index (χ1n) is 21.7. The molecule has 4 N–H and O–H groups in total. The lowest BCUT2D eigenvalue weighted by molar-refractivity contribution is -0.141. The number of hydrogen-bond donors (Lipinski definition) is 4. The number of imidazole rings is 2. The normalized spacial score (nSPS) is 25.1. The zero-order valence-electron chi connectivity index (χ0n) is 35.1. The van der Waals surface area contributed by atoms with Crippen molar-refractivity contribution in [2.24, 2.45) is 23.7 Å². The lowest BCUT2D eigenvalue weighted by atomic mass is 9.89. The molecule has 2 aliphatic carbocycles. The van der Waals surface area contributed by atoms with Crippen LogP contribution in [0.5, 0.6) is 0 Å². The largest absolute Gasteiger partial charge is 0.465 e. The number of carboxylic acid groups (broad SMARTS) is 1. The van der Waals surface area contributed by atoms with E-state index < -0.39 is 24.3 Å². The van der Waals surface area contributed by atoms with Crippen LogP contribution in [0.15, 0.2) is 54.6 Å². The topological polar surface area (TPSA) is 186 Å². The van der Waals surface area contributed by atoms with Crippen molar-refractivity contribution in [1.82, 2.24) is 40.0 Å². The number of H-pyrrole nitrogens is 2. The van der Waals surface area contributed by atoms with Crippen LogP contribution in [0.3, 0.4) is 0 Å². The molecule has 4 amide bonds. The molecule has 5 aliphatic rings. The minimum atomic E-state index is -1.11. The van der Waals surface area contributed by atoms with E-state index in [1.165, 1.54) is 19.1 Å². The highest BCUT2D eigenvalue weighted by atomic mass is 35.5. The van der Waals surface area contributed by atoms with Gasteiger partial charge in [-0.25, -0.2) is 19.6 Å². The second-order valence-electron chi connectivity index (χ2n) is 18.2. The fourth-order valence-corrected chi connectivity index (χ4v) is 10.8. The van der Waals surface area contributed by atoms with Gasteiger partial charge in [-0.3, -0.25) is 14.5 Å². The van der Waals surface area contributed by atoms with Gasteiger partial charge in [-0.15, -0.1) is 0 Å². The van der Waals surface area contributed by atoms with E-state index in [2.05, 4.69) is 57.7 Å². The van der Waals surface area contributed by atoms with Crippen molar-refractivity contribution in [2.45, 2.75) is 88.6 Å². The Balaban J connectivity index is 0.877. The zero-order chi connectivity index (χ0) is 43.1. The summed E-state index contributed by atoms with van der Waals surface area (Å²) in [4.78, 5) is 74.4. The van der Waals surface area contributed by atoms with Crippen molar-refractivity contribution in [1.29, 1.82) is 0 Å². The number of piperidine rings is 2. The Hall–Kier alpha value is -5.67. The highest BCUT2D eigenvalue weighted by Crippen LogP contribution is 2.55. The van der Waals surface area contributed by atoms with E-state index in [1.54, 1.807) is 0 Å². The monoisotopic (exact) mass is 862 g/mol. The fraction of sp³-hybridized carbons (Fsp3) is 0.478. The molecule has 0 bridgehead atoms. The molecule has 0 spiro atoms. The molecule has 15 nitrogen and oxygen atoms in total. The van der Waals surface area contributed by atoms with Gasteiger partial charge in [0, 0.05) is 37.9 Å². The molecule has 2 aromatic heterocycles. The number of halogens is 1. The maximum atomic E-state index is 14.4. The molecule has 62 heavy (non-hydrogen) atoms. The Morgan fingerprint density at radius 2 is 1.44 bits per heavy atom. The van der Waals surface area contributed by atoms with E-state index in [1.807, 2.05) is 35.8 Å². The lowest BCUT2D eigenvalue weighted by Gasteiger charge is -2.38. The highest BCUT2D eigenvalue weighted by Gasteiger charge is 2.58. The fourth-order valence-electron chi connectivity index (χ4n) is 10.5. The summed E-state index contributed by atoms with van der Waals surface area (Å²) < 4.78 is 10.4. The maximum Gasteiger partial charge on any atom is 0.407 e.